The third kappa shape index (κ3) is 2.81. The molecule has 1 saturated heterocycles. The van der Waals surface area contributed by atoms with E-state index in [1.54, 1.807) is 41.0 Å². The summed E-state index contributed by atoms with van der Waals surface area (Å²) in [5.41, 5.74) is 2.05. The second kappa shape index (κ2) is 6.59. The van der Waals surface area contributed by atoms with E-state index < -0.39 is 0 Å². The van der Waals surface area contributed by atoms with E-state index in [1.165, 1.54) is 0 Å². The van der Waals surface area contributed by atoms with E-state index in [4.69, 9.17) is 0 Å². The van der Waals surface area contributed by atoms with Crippen molar-refractivity contribution in [2.24, 2.45) is 0 Å². The molecule has 7 nitrogen and oxygen atoms in total. The van der Waals surface area contributed by atoms with Crippen molar-refractivity contribution < 1.29 is 9.59 Å². The summed E-state index contributed by atoms with van der Waals surface area (Å²) in [6.45, 7) is 3.02. The maximum atomic E-state index is 13.1. The van der Waals surface area contributed by atoms with Crippen molar-refractivity contribution in [3.8, 4) is 0 Å². The van der Waals surface area contributed by atoms with Gasteiger partial charge in [0.2, 0.25) is 5.91 Å². The molecule has 0 bridgehead atoms. The smallest absolute Gasteiger partial charge is 0.259 e. The highest BCUT2D eigenvalue weighted by Gasteiger charge is 2.33. The fourth-order valence-corrected chi connectivity index (χ4v) is 3.45. The first kappa shape index (κ1) is 16.3. The van der Waals surface area contributed by atoms with Crippen LogP contribution >= 0.6 is 0 Å². The number of amides is 2. The van der Waals surface area contributed by atoms with Gasteiger partial charge in [-0.1, -0.05) is 30.3 Å². The molecule has 1 aromatic carbocycles. The van der Waals surface area contributed by atoms with Crippen LogP contribution in [0.5, 0.6) is 0 Å². The van der Waals surface area contributed by atoms with Gasteiger partial charge in [-0.2, -0.15) is 5.10 Å². The summed E-state index contributed by atoms with van der Waals surface area (Å²) < 4.78 is 1.59. The van der Waals surface area contributed by atoms with Crippen LogP contribution in [-0.4, -0.2) is 55.8 Å². The van der Waals surface area contributed by atoms with Gasteiger partial charge in [0.25, 0.3) is 5.91 Å². The van der Waals surface area contributed by atoms with Gasteiger partial charge in [-0.25, -0.2) is 9.50 Å². The summed E-state index contributed by atoms with van der Waals surface area (Å²) >= 11 is 0. The molecule has 1 fully saturated rings. The molecule has 0 unspecified atom stereocenters. The zero-order valence-corrected chi connectivity index (χ0v) is 14.4. The van der Waals surface area contributed by atoms with Crippen molar-refractivity contribution in [2.75, 3.05) is 19.6 Å². The molecule has 0 saturated carbocycles. The van der Waals surface area contributed by atoms with Crippen molar-refractivity contribution >= 4 is 17.5 Å². The van der Waals surface area contributed by atoms with E-state index in [9.17, 15) is 9.59 Å². The number of carbonyl (C=O) groups excluding carboxylic acids is 2. The Labute approximate surface area is 150 Å². The fourth-order valence-electron chi connectivity index (χ4n) is 3.45. The van der Waals surface area contributed by atoms with Crippen LogP contribution in [0, 0.1) is 0 Å². The summed E-state index contributed by atoms with van der Waals surface area (Å²) in [4.78, 5) is 33.0. The highest BCUT2D eigenvalue weighted by Crippen LogP contribution is 2.26. The van der Waals surface area contributed by atoms with Crippen molar-refractivity contribution in [2.45, 2.75) is 13.0 Å². The molecule has 4 rings (SSSR count). The lowest BCUT2D eigenvalue weighted by atomic mass is 10.0. The van der Waals surface area contributed by atoms with Gasteiger partial charge in [-0.3, -0.25) is 9.59 Å². The van der Waals surface area contributed by atoms with Gasteiger partial charge in [0.1, 0.15) is 5.56 Å². The first-order valence-electron chi connectivity index (χ1n) is 8.55. The van der Waals surface area contributed by atoms with E-state index in [0.29, 0.717) is 30.8 Å². The zero-order chi connectivity index (χ0) is 18.1. The van der Waals surface area contributed by atoms with E-state index in [2.05, 4.69) is 10.1 Å². The minimum absolute atomic E-state index is 0.0172. The third-order valence-electron chi connectivity index (χ3n) is 4.77. The molecular weight excluding hydrogens is 330 g/mol. The standard InChI is InChI=1S/C19H19N5O2/c1-14(25)23-11-10-22(13-17(23)15-6-3-2-4-7-15)19(26)16-12-21-24-9-5-8-20-18(16)24/h2-9,12,17H,10-11,13H2,1H3/t17-/m1/s1. The number of hydrogen-bond acceptors (Lipinski definition) is 4. The Kier molecular flexibility index (Phi) is 4.12. The van der Waals surface area contributed by atoms with Crippen LogP contribution in [0.2, 0.25) is 0 Å². The van der Waals surface area contributed by atoms with E-state index in [1.807, 2.05) is 35.2 Å². The lowest BCUT2D eigenvalue weighted by Gasteiger charge is -2.41. The molecule has 132 valence electrons. The van der Waals surface area contributed by atoms with Crippen LogP contribution in [0.15, 0.2) is 55.0 Å². The number of aromatic nitrogens is 3. The molecule has 1 aliphatic heterocycles. The highest BCUT2D eigenvalue weighted by molar-refractivity contribution is 5.99. The van der Waals surface area contributed by atoms with E-state index in [-0.39, 0.29) is 17.9 Å². The topological polar surface area (TPSA) is 70.8 Å². The number of piperazine rings is 1. The molecule has 0 N–H and O–H groups in total. The lowest BCUT2D eigenvalue weighted by molar-refractivity contribution is -0.133. The molecule has 1 atom stereocenters. The molecule has 2 aromatic heterocycles. The summed E-state index contributed by atoms with van der Waals surface area (Å²) in [6.07, 6.45) is 4.97. The second-order valence-electron chi connectivity index (χ2n) is 6.34. The van der Waals surface area contributed by atoms with Crippen molar-refractivity contribution in [1.29, 1.82) is 0 Å². The largest absolute Gasteiger partial charge is 0.334 e. The van der Waals surface area contributed by atoms with Gasteiger partial charge >= 0.3 is 0 Å². The van der Waals surface area contributed by atoms with Crippen molar-refractivity contribution in [3.63, 3.8) is 0 Å². The minimum atomic E-state index is -0.152. The number of nitrogens with zero attached hydrogens (tertiary/aromatic N) is 5. The molecule has 26 heavy (non-hydrogen) atoms. The first-order valence-corrected chi connectivity index (χ1v) is 8.55. The first-order chi connectivity index (χ1) is 12.6. The van der Waals surface area contributed by atoms with Crippen molar-refractivity contribution in [3.05, 3.63) is 66.1 Å². The molecule has 7 heteroatoms. The molecular formula is C19H19N5O2. The van der Waals surface area contributed by atoms with Gasteiger partial charge in [0, 0.05) is 39.0 Å². The highest BCUT2D eigenvalue weighted by atomic mass is 16.2. The predicted molar refractivity (Wildman–Crippen MR) is 95.5 cm³/mol. The van der Waals surface area contributed by atoms with Crippen molar-refractivity contribution in [1.82, 2.24) is 24.4 Å². The van der Waals surface area contributed by atoms with Gasteiger partial charge in [0.15, 0.2) is 5.65 Å². The number of benzene rings is 1. The Bertz CT molecular complexity index is 953. The number of carbonyl (C=O) groups is 2. The molecule has 0 spiro atoms. The average Bonchev–Trinajstić information content (AvgIpc) is 3.11. The SMILES string of the molecule is CC(=O)N1CCN(C(=O)c2cnn3cccnc23)C[C@@H]1c1ccccc1. The number of hydrogen-bond donors (Lipinski definition) is 0. The van der Waals surface area contributed by atoms with Crippen LogP contribution in [0.3, 0.4) is 0 Å². The van der Waals surface area contributed by atoms with Gasteiger partial charge in [-0.15, -0.1) is 0 Å². The molecule has 3 aromatic rings. The Balaban J connectivity index is 1.64. The molecule has 0 radical (unpaired) electrons. The van der Waals surface area contributed by atoms with Crippen LogP contribution < -0.4 is 0 Å². The quantitative estimate of drug-likeness (QED) is 0.707. The minimum Gasteiger partial charge on any atom is -0.334 e. The Morgan fingerprint density at radius 1 is 1.12 bits per heavy atom. The molecule has 3 heterocycles. The Morgan fingerprint density at radius 3 is 2.69 bits per heavy atom. The maximum Gasteiger partial charge on any atom is 0.259 e. The maximum absolute atomic E-state index is 13.1. The normalized spacial score (nSPS) is 17.5. The Hall–Kier alpha value is -3.22. The Morgan fingerprint density at radius 2 is 1.92 bits per heavy atom. The molecule has 1 aliphatic rings. The lowest BCUT2D eigenvalue weighted by Crippen LogP contribution is -2.51. The number of rotatable bonds is 2. The van der Waals surface area contributed by atoms with Crippen LogP contribution in [0.4, 0.5) is 0 Å². The predicted octanol–water partition coefficient (Wildman–Crippen LogP) is 1.77. The van der Waals surface area contributed by atoms with Gasteiger partial charge in [0.05, 0.1) is 12.2 Å². The number of fused-ring (bicyclic) bond motifs is 1. The summed E-state index contributed by atoms with van der Waals surface area (Å²) in [5.74, 6) is -0.0913. The van der Waals surface area contributed by atoms with Gasteiger partial charge < -0.3 is 9.80 Å². The zero-order valence-electron chi connectivity index (χ0n) is 14.4. The summed E-state index contributed by atoms with van der Waals surface area (Å²) in [6, 6.07) is 11.4. The molecule has 2 amide bonds. The summed E-state index contributed by atoms with van der Waals surface area (Å²) in [7, 11) is 0. The van der Waals surface area contributed by atoms with Crippen LogP contribution in [0.25, 0.3) is 5.65 Å². The van der Waals surface area contributed by atoms with Crippen LogP contribution in [-0.2, 0) is 4.79 Å². The summed E-state index contributed by atoms with van der Waals surface area (Å²) in [5, 5.41) is 4.20. The fraction of sp³-hybridized carbons (Fsp3) is 0.263. The second-order valence-corrected chi connectivity index (χ2v) is 6.34. The third-order valence-corrected chi connectivity index (χ3v) is 4.77. The average molecular weight is 349 g/mol. The van der Waals surface area contributed by atoms with E-state index >= 15 is 0 Å². The molecule has 0 aliphatic carbocycles. The monoisotopic (exact) mass is 349 g/mol. The van der Waals surface area contributed by atoms with Crippen LogP contribution in [0.1, 0.15) is 28.9 Å². The van der Waals surface area contributed by atoms with E-state index in [0.717, 1.165) is 5.56 Å². The van der Waals surface area contributed by atoms with Gasteiger partial charge in [-0.05, 0) is 11.6 Å².